The highest BCUT2D eigenvalue weighted by molar-refractivity contribution is 6.03. The molecule has 0 aliphatic heterocycles. The molecule has 4 fully saturated rings. The van der Waals surface area contributed by atoms with Gasteiger partial charge in [-0.1, -0.05) is 26.7 Å². The van der Waals surface area contributed by atoms with Crippen molar-refractivity contribution in [1.82, 2.24) is 0 Å². The van der Waals surface area contributed by atoms with Crippen molar-refractivity contribution >= 4 is 11.8 Å². The fraction of sp³-hybridized carbons (Fsp3) is 0.905. The second-order valence-corrected chi connectivity index (χ2v) is 9.53. The molecular weight excluding hydrogens is 300 g/mol. The Hall–Kier alpha value is -0.860. The number of methoxy groups -OCH3 is 1. The Kier molecular flexibility index (Phi) is 3.85. The average molecular weight is 332 g/mol. The predicted molar refractivity (Wildman–Crippen MR) is 92.2 cm³/mol. The molecule has 0 N–H and O–H groups in total. The van der Waals surface area contributed by atoms with Crippen LogP contribution in [0.15, 0.2) is 0 Å². The van der Waals surface area contributed by atoms with Crippen molar-refractivity contribution in [1.29, 1.82) is 0 Å². The van der Waals surface area contributed by atoms with Gasteiger partial charge in [-0.3, -0.25) is 9.59 Å². The first-order chi connectivity index (χ1) is 11.4. The molecule has 0 amide bonds. The van der Waals surface area contributed by atoms with Gasteiger partial charge in [0.2, 0.25) is 0 Å². The van der Waals surface area contributed by atoms with E-state index in [1.165, 1.54) is 52.1 Å². The number of hydrogen-bond donors (Lipinski definition) is 0. The van der Waals surface area contributed by atoms with Crippen LogP contribution >= 0.6 is 0 Å². The molecule has 4 aliphatic rings. The Labute approximate surface area is 145 Å². The highest BCUT2D eigenvalue weighted by Crippen LogP contribution is 2.66. The summed E-state index contributed by atoms with van der Waals surface area (Å²) in [7, 11) is 1.41. The SMILES string of the molecule is COC(=O)C1C[C@H]2[C@@H]3CCC4CCCC[C@]4(C)[C@@H]3CC[C@]2(C)C1=O. The first kappa shape index (κ1) is 16.6. The van der Waals surface area contributed by atoms with E-state index in [0.29, 0.717) is 17.3 Å². The lowest BCUT2D eigenvalue weighted by atomic mass is 9.45. The van der Waals surface area contributed by atoms with Crippen molar-refractivity contribution in [2.75, 3.05) is 7.11 Å². The monoisotopic (exact) mass is 332 g/mol. The van der Waals surface area contributed by atoms with Gasteiger partial charge in [0.1, 0.15) is 5.92 Å². The van der Waals surface area contributed by atoms with Crippen molar-refractivity contribution in [3.05, 3.63) is 0 Å². The molecular formula is C21H32O3. The number of esters is 1. The minimum atomic E-state index is -0.499. The molecule has 0 radical (unpaired) electrons. The smallest absolute Gasteiger partial charge is 0.316 e. The van der Waals surface area contributed by atoms with Gasteiger partial charge in [-0.15, -0.1) is 0 Å². The summed E-state index contributed by atoms with van der Waals surface area (Å²) in [5.74, 6) is 2.07. The van der Waals surface area contributed by atoms with Crippen LogP contribution in [0.25, 0.3) is 0 Å². The van der Waals surface area contributed by atoms with E-state index in [4.69, 9.17) is 4.74 Å². The molecule has 4 saturated carbocycles. The maximum Gasteiger partial charge on any atom is 0.316 e. The van der Waals surface area contributed by atoms with Crippen LogP contribution in [0.3, 0.4) is 0 Å². The van der Waals surface area contributed by atoms with Crippen LogP contribution in [0.5, 0.6) is 0 Å². The lowest BCUT2D eigenvalue weighted by Crippen LogP contribution is -2.52. The van der Waals surface area contributed by atoms with Crippen LogP contribution in [-0.4, -0.2) is 18.9 Å². The molecule has 7 atom stereocenters. The first-order valence-corrected chi connectivity index (χ1v) is 10.0. The highest BCUT2D eigenvalue weighted by Gasteiger charge is 2.63. The molecule has 0 aromatic carbocycles. The van der Waals surface area contributed by atoms with Gasteiger partial charge in [-0.05, 0) is 74.0 Å². The molecule has 2 unspecified atom stereocenters. The van der Waals surface area contributed by atoms with E-state index in [0.717, 1.165) is 24.7 Å². The lowest BCUT2D eigenvalue weighted by Gasteiger charge is -2.59. The predicted octanol–water partition coefficient (Wildman–Crippen LogP) is 4.39. The van der Waals surface area contributed by atoms with Crippen molar-refractivity contribution in [2.24, 2.45) is 40.4 Å². The molecule has 4 rings (SSSR count). The summed E-state index contributed by atoms with van der Waals surface area (Å²) in [6.45, 7) is 4.69. The minimum absolute atomic E-state index is 0.175. The third-order valence-corrected chi connectivity index (χ3v) is 8.83. The number of rotatable bonds is 1. The molecule has 0 saturated heterocycles. The Morgan fingerprint density at radius 3 is 2.58 bits per heavy atom. The topological polar surface area (TPSA) is 43.4 Å². The molecule has 24 heavy (non-hydrogen) atoms. The number of hydrogen-bond acceptors (Lipinski definition) is 3. The third-order valence-electron chi connectivity index (χ3n) is 8.83. The quantitative estimate of drug-likeness (QED) is 0.528. The van der Waals surface area contributed by atoms with E-state index in [2.05, 4.69) is 13.8 Å². The average Bonchev–Trinajstić information content (AvgIpc) is 2.85. The van der Waals surface area contributed by atoms with Crippen LogP contribution in [0.4, 0.5) is 0 Å². The summed E-state index contributed by atoms with van der Waals surface area (Å²) in [5, 5.41) is 0. The fourth-order valence-electron chi connectivity index (χ4n) is 7.46. The van der Waals surface area contributed by atoms with E-state index in [9.17, 15) is 9.59 Å². The number of Topliss-reactive ketones (excluding diaryl/α,β-unsaturated/α-hetero) is 1. The Morgan fingerprint density at radius 2 is 1.83 bits per heavy atom. The molecule has 4 aliphatic carbocycles. The minimum Gasteiger partial charge on any atom is -0.468 e. The Morgan fingerprint density at radius 1 is 1.04 bits per heavy atom. The van der Waals surface area contributed by atoms with Gasteiger partial charge in [-0.2, -0.15) is 0 Å². The fourth-order valence-corrected chi connectivity index (χ4v) is 7.46. The molecule has 0 aromatic heterocycles. The van der Waals surface area contributed by atoms with E-state index in [-0.39, 0.29) is 17.2 Å². The van der Waals surface area contributed by atoms with E-state index < -0.39 is 5.92 Å². The van der Waals surface area contributed by atoms with Crippen LogP contribution in [0, 0.1) is 40.4 Å². The number of fused-ring (bicyclic) bond motifs is 5. The molecule has 0 bridgehead atoms. The maximum atomic E-state index is 13.0. The first-order valence-electron chi connectivity index (χ1n) is 10.0. The zero-order chi connectivity index (χ0) is 17.1. The van der Waals surface area contributed by atoms with Crippen LogP contribution in [0.1, 0.15) is 71.6 Å². The Bertz CT molecular complexity index is 555. The number of ketones is 1. The van der Waals surface area contributed by atoms with Crippen molar-refractivity contribution in [3.8, 4) is 0 Å². The molecule has 3 heteroatoms. The van der Waals surface area contributed by atoms with Crippen LogP contribution in [-0.2, 0) is 14.3 Å². The zero-order valence-electron chi connectivity index (χ0n) is 15.5. The van der Waals surface area contributed by atoms with Crippen molar-refractivity contribution in [3.63, 3.8) is 0 Å². The normalized spacial score (nSPS) is 50.6. The lowest BCUT2D eigenvalue weighted by molar-refractivity contribution is -0.150. The van der Waals surface area contributed by atoms with Gasteiger partial charge in [0.15, 0.2) is 5.78 Å². The third kappa shape index (κ3) is 2.08. The highest BCUT2D eigenvalue weighted by atomic mass is 16.5. The summed E-state index contributed by atoms with van der Waals surface area (Å²) in [6.07, 6.45) is 11.1. The van der Waals surface area contributed by atoms with Gasteiger partial charge < -0.3 is 4.74 Å². The molecule has 0 heterocycles. The van der Waals surface area contributed by atoms with Crippen LogP contribution < -0.4 is 0 Å². The number of ether oxygens (including phenoxy) is 1. The van der Waals surface area contributed by atoms with Gasteiger partial charge >= 0.3 is 5.97 Å². The summed E-state index contributed by atoms with van der Waals surface area (Å²) in [6, 6.07) is 0. The van der Waals surface area contributed by atoms with E-state index in [1.54, 1.807) is 0 Å². The van der Waals surface area contributed by atoms with Crippen molar-refractivity contribution < 1.29 is 14.3 Å². The second kappa shape index (κ2) is 5.57. The second-order valence-electron chi connectivity index (χ2n) is 9.53. The largest absolute Gasteiger partial charge is 0.468 e. The van der Waals surface area contributed by atoms with Gasteiger partial charge in [-0.25, -0.2) is 0 Å². The van der Waals surface area contributed by atoms with Gasteiger partial charge in [0.25, 0.3) is 0 Å². The van der Waals surface area contributed by atoms with Gasteiger partial charge in [0.05, 0.1) is 7.11 Å². The summed E-state index contributed by atoms with van der Waals surface area (Å²) < 4.78 is 4.94. The number of carbonyl (C=O) groups is 2. The Balaban J connectivity index is 1.64. The molecule has 134 valence electrons. The van der Waals surface area contributed by atoms with E-state index >= 15 is 0 Å². The molecule has 0 spiro atoms. The zero-order valence-corrected chi connectivity index (χ0v) is 15.5. The van der Waals surface area contributed by atoms with E-state index in [1.807, 2.05) is 0 Å². The van der Waals surface area contributed by atoms with Crippen LogP contribution in [0.2, 0.25) is 0 Å². The van der Waals surface area contributed by atoms with Crippen molar-refractivity contribution in [2.45, 2.75) is 71.6 Å². The molecule has 3 nitrogen and oxygen atoms in total. The van der Waals surface area contributed by atoms with Gasteiger partial charge in [0, 0.05) is 5.41 Å². The summed E-state index contributed by atoms with van der Waals surface area (Å²) >= 11 is 0. The maximum absolute atomic E-state index is 13.0. The summed E-state index contributed by atoms with van der Waals surface area (Å²) in [5.41, 5.74) is 0.201. The summed E-state index contributed by atoms with van der Waals surface area (Å²) in [4.78, 5) is 25.1. The standard InChI is InChI=1S/C21H32O3/c1-20-10-5-4-6-13(20)7-8-14-16(20)9-11-21(2)17(14)12-15(18(21)22)19(23)24-3/h13-17H,4-12H2,1-3H3/t13?,14-,15?,16-,17+,20+,21+/m1/s1. The number of carbonyl (C=O) groups excluding carboxylic acids is 2. The molecule has 0 aromatic rings.